The summed E-state index contributed by atoms with van der Waals surface area (Å²) in [7, 11) is 4.11. The molecular formula is C12H22N2OS. The Labute approximate surface area is 102 Å². The third-order valence-electron chi connectivity index (χ3n) is 2.36. The molecule has 0 bridgehead atoms. The first-order valence-corrected chi connectivity index (χ1v) is 6.54. The number of nitrogens with zero attached hydrogens (tertiary/aromatic N) is 1. The van der Waals surface area contributed by atoms with Gasteiger partial charge >= 0.3 is 0 Å². The summed E-state index contributed by atoms with van der Waals surface area (Å²) in [6.45, 7) is 6.63. The molecule has 0 aliphatic rings. The Morgan fingerprint density at radius 2 is 2.19 bits per heavy atom. The van der Waals surface area contributed by atoms with Crippen LogP contribution in [0.3, 0.4) is 0 Å². The molecule has 0 aromatic carbocycles. The molecule has 0 radical (unpaired) electrons. The molecule has 0 amide bonds. The summed E-state index contributed by atoms with van der Waals surface area (Å²) in [6, 6.07) is 2.16. The van der Waals surface area contributed by atoms with Gasteiger partial charge < -0.3 is 15.0 Å². The average Bonchev–Trinajstić information content (AvgIpc) is 2.62. The average molecular weight is 242 g/mol. The number of aryl methyl sites for hydroxylation is 1. The highest BCUT2D eigenvalue weighted by Crippen LogP contribution is 2.14. The third-order valence-corrected chi connectivity index (χ3v) is 3.38. The second-order valence-corrected chi connectivity index (χ2v) is 5.12. The maximum atomic E-state index is 5.49. The van der Waals surface area contributed by atoms with Gasteiger partial charge in [0.15, 0.2) is 0 Å². The molecule has 0 unspecified atom stereocenters. The van der Waals surface area contributed by atoms with Gasteiger partial charge in [-0.2, -0.15) is 0 Å². The van der Waals surface area contributed by atoms with Crippen LogP contribution in [0.15, 0.2) is 11.4 Å². The molecular weight excluding hydrogens is 220 g/mol. The molecule has 1 N–H and O–H groups in total. The van der Waals surface area contributed by atoms with Crippen molar-refractivity contribution in [2.24, 2.45) is 0 Å². The SMILES string of the molecule is Cc1ccsc1CNCCOCCN(C)C. The van der Waals surface area contributed by atoms with E-state index in [1.54, 1.807) is 0 Å². The number of hydrogen-bond acceptors (Lipinski definition) is 4. The van der Waals surface area contributed by atoms with Crippen molar-refractivity contribution in [1.29, 1.82) is 0 Å². The van der Waals surface area contributed by atoms with Gasteiger partial charge in [-0.3, -0.25) is 0 Å². The van der Waals surface area contributed by atoms with Gasteiger partial charge in [0.1, 0.15) is 0 Å². The van der Waals surface area contributed by atoms with Crippen molar-refractivity contribution in [3.63, 3.8) is 0 Å². The molecule has 0 fully saturated rings. The fourth-order valence-electron chi connectivity index (χ4n) is 1.28. The Hall–Kier alpha value is -0.420. The minimum Gasteiger partial charge on any atom is -0.379 e. The van der Waals surface area contributed by atoms with Crippen LogP contribution >= 0.6 is 11.3 Å². The van der Waals surface area contributed by atoms with E-state index in [-0.39, 0.29) is 0 Å². The summed E-state index contributed by atoms with van der Waals surface area (Å²) in [5.41, 5.74) is 1.38. The van der Waals surface area contributed by atoms with Crippen molar-refractivity contribution >= 4 is 11.3 Å². The molecule has 1 aromatic rings. The molecule has 1 rings (SSSR count). The first-order chi connectivity index (χ1) is 7.70. The minimum atomic E-state index is 0.790. The highest BCUT2D eigenvalue weighted by atomic mass is 32.1. The molecule has 0 aliphatic carbocycles. The van der Waals surface area contributed by atoms with Gasteiger partial charge in [-0.15, -0.1) is 11.3 Å². The number of rotatable bonds is 8. The molecule has 1 heterocycles. The van der Waals surface area contributed by atoms with Crippen LogP contribution in [0, 0.1) is 6.92 Å². The van der Waals surface area contributed by atoms with Crippen LogP contribution < -0.4 is 5.32 Å². The molecule has 0 aliphatic heterocycles. The highest BCUT2D eigenvalue weighted by Gasteiger charge is 1.98. The molecule has 3 nitrogen and oxygen atoms in total. The molecule has 16 heavy (non-hydrogen) atoms. The van der Waals surface area contributed by atoms with Crippen LogP contribution in [0.5, 0.6) is 0 Å². The van der Waals surface area contributed by atoms with E-state index in [9.17, 15) is 0 Å². The zero-order chi connectivity index (χ0) is 11.8. The smallest absolute Gasteiger partial charge is 0.0593 e. The second kappa shape index (κ2) is 7.79. The first kappa shape index (κ1) is 13.6. The van der Waals surface area contributed by atoms with Crippen LogP contribution in [0.1, 0.15) is 10.4 Å². The Morgan fingerprint density at radius 1 is 1.38 bits per heavy atom. The summed E-state index contributed by atoms with van der Waals surface area (Å²) in [5, 5.41) is 5.53. The fourth-order valence-corrected chi connectivity index (χ4v) is 2.16. The van der Waals surface area contributed by atoms with Crippen molar-refractivity contribution in [1.82, 2.24) is 10.2 Å². The summed E-state index contributed by atoms with van der Waals surface area (Å²) in [5.74, 6) is 0. The van der Waals surface area contributed by atoms with E-state index in [1.807, 2.05) is 11.3 Å². The third kappa shape index (κ3) is 5.61. The highest BCUT2D eigenvalue weighted by molar-refractivity contribution is 7.10. The van der Waals surface area contributed by atoms with Crippen LogP contribution in [0.25, 0.3) is 0 Å². The van der Waals surface area contributed by atoms with E-state index < -0.39 is 0 Å². The van der Waals surface area contributed by atoms with Gasteiger partial charge in [-0.1, -0.05) is 0 Å². The fraction of sp³-hybridized carbons (Fsp3) is 0.667. The monoisotopic (exact) mass is 242 g/mol. The lowest BCUT2D eigenvalue weighted by molar-refractivity contribution is 0.119. The molecule has 0 spiro atoms. The molecule has 92 valence electrons. The van der Waals surface area contributed by atoms with Crippen molar-refractivity contribution in [3.05, 3.63) is 21.9 Å². The van der Waals surface area contributed by atoms with Crippen molar-refractivity contribution in [2.45, 2.75) is 13.5 Å². The van der Waals surface area contributed by atoms with Crippen LogP contribution in [0.2, 0.25) is 0 Å². The van der Waals surface area contributed by atoms with E-state index in [1.165, 1.54) is 10.4 Å². The van der Waals surface area contributed by atoms with E-state index >= 15 is 0 Å². The standard InChI is InChI=1S/C12H22N2OS/c1-11-4-9-16-12(11)10-13-5-7-15-8-6-14(2)3/h4,9,13H,5-8,10H2,1-3H3. The molecule has 4 heteroatoms. The van der Waals surface area contributed by atoms with E-state index in [0.717, 1.165) is 32.8 Å². The maximum Gasteiger partial charge on any atom is 0.0593 e. The van der Waals surface area contributed by atoms with Gasteiger partial charge in [-0.25, -0.2) is 0 Å². The zero-order valence-electron chi connectivity index (χ0n) is 10.5. The Kier molecular flexibility index (Phi) is 6.64. The van der Waals surface area contributed by atoms with Crippen LogP contribution in [-0.4, -0.2) is 45.3 Å². The van der Waals surface area contributed by atoms with Gasteiger partial charge in [0.05, 0.1) is 13.2 Å². The summed E-state index contributed by atoms with van der Waals surface area (Å²) in [4.78, 5) is 3.55. The summed E-state index contributed by atoms with van der Waals surface area (Å²) >= 11 is 1.81. The van der Waals surface area contributed by atoms with Crippen molar-refractivity contribution in [2.75, 3.05) is 40.4 Å². The normalized spacial score (nSPS) is 11.2. The Bertz CT molecular complexity index is 286. The number of likely N-dealkylation sites (N-methyl/N-ethyl adjacent to an activating group) is 1. The number of ether oxygens (including phenoxy) is 1. The number of nitrogens with one attached hydrogen (secondary N) is 1. The van der Waals surface area contributed by atoms with Gasteiger partial charge in [0.25, 0.3) is 0 Å². The lowest BCUT2D eigenvalue weighted by atomic mass is 10.3. The topological polar surface area (TPSA) is 24.5 Å². The van der Waals surface area contributed by atoms with E-state index in [2.05, 4.69) is 42.7 Å². The summed E-state index contributed by atoms with van der Waals surface area (Å²) < 4.78 is 5.49. The van der Waals surface area contributed by atoms with Crippen LogP contribution in [-0.2, 0) is 11.3 Å². The van der Waals surface area contributed by atoms with Crippen molar-refractivity contribution in [3.8, 4) is 0 Å². The van der Waals surface area contributed by atoms with E-state index in [4.69, 9.17) is 4.74 Å². The predicted octanol–water partition coefficient (Wildman–Crippen LogP) is 1.72. The molecule has 1 aromatic heterocycles. The molecule has 0 atom stereocenters. The van der Waals surface area contributed by atoms with E-state index in [0.29, 0.717) is 0 Å². The lowest BCUT2D eigenvalue weighted by Crippen LogP contribution is -2.22. The van der Waals surface area contributed by atoms with Crippen LogP contribution in [0.4, 0.5) is 0 Å². The number of thiophene rings is 1. The lowest BCUT2D eigenvalue weighted by Gasteiger charge is -2.10. The Morgan fingerprint density at radius 3 is 2.81 bits per heavy atom. The Balaban J connectivity index is 1.94. The second-order valence-electron chi connectivity index (χ2n) is 4.12. The molecule has 0 saturated heterocycles. The first-order valence-electron chi connectivity index (χ1n) is 5.66. The number of hydrogen-bond donors (Lipinski definition) is 1. The minimum absolute atomic E-state index is 0.790. The van der Waals surface area contributed by atoms with Gasteiger partial charge in [0, 0.05) is 24.5 Å². The van der Waals surface area contributed by atoms with Gasteiger partial charge in [-0.05, 0) is 38.0 Å². The summed E-state index contributed by atoms with van der Waals surface area (Å²) in [6.07, 6.45) is 0. The quantitative estimate of drug-likeness (QED) is 0.703. The largest absolute Gasteiger partial charge is 0.379 e. The zero-order valence-corrected chi connectivity index (χ0v) is 11.3. The van der Waals surface area contributed by atoms with Gasteiger partial charge in [0.2, 0.25) is 0 Å². The predicted molar refractivity (Wildman–Crippen MR) is 70.1 cm³/mol. The molecule has 0 saturated carbocycles. The van der Waals surface area contributed by atoms with Crippen molar-refractivity contribution < 1.29 is 4.74 Å². The maximum absolute atomic E-state index is 5.49.